The molecule has 0 bridgehead atoms. The standard InChI is InChI=1S/C11H14ClN3O5/c1-20-6-7(16)2-3-13-11(17)8-4-10(12)14-5-9(8)15(18)19/h4-5,7,16H,2-3,6H2,1H3,(H,13,17). The van der Waals surface area contributed by atoms with Gasteiger partial charge in [-0.15, -0.1) is 0 Å². The summed E-state index contributed by atoms with van der Waals surface area (Å²) in [6.07, 6.45) is 0.486. The van der Waals surface area contributed by atoms with Crippen LogP contribution in [-0.4, -0.2) is 47.3 Å². The van der Waals surface area contributed by atoms with Gasteiger partial charge in [0.05, 0.1) is 17.6 Å². The lowest BCUT2D eigenvalue weighted by Gasteiger charge is -2.10. The molecule has 1 atom stereocenters. The van der Waals surface area contributed by atoms with Crippen molar-refractivity contribution in [2.24, 2.45) is 0 Å². The second kappa shape index (κ2) is 7.73. The first-order valence-electron chi connectivity index (χ1n) is 5.70. The molecule has 0 aliphatic heterocycles. The Bertz CT molecular complexity index is 497. The van der Waals surface area contributed by atoms with E-state index in [-0.39, 0.29) is 30.3 Å². The van der Waals surface area contributed by atoms with Gasteiger partial charge in [-0.05, 0) is 12.5 Å². The number of aliphatic hydroxyl groups is 1. The van der Waals surface area contributed by atoms with Crippen molar-refractivity contribution >= 4 is 23.2 Å². The Morgan fingerprint density at radius 3 is 3.00 bits per heavy atom. The summed E-state index contributed by atoms with van der Waals surface area (Å²) in [6.45, 7) is 0.303. The van der Waals surface area contributed by atoms with E-state index in [2.05, 4.69) is 10.3 Å². The molecule has 1 aromatic rings. The molecule has 0 aliphatic rings. The van der Waals surface area contributed by atoms with Gasteiger partial charge in [-0.25, -0.2) is 4.98 Å². The Balaban J connectivity index is 2.68. The lowest BCUT2D eigenvalue weighted by molar-refractivity contribution is -0.385. The number of hydrogen-bond acceptors (Lipinski definition) is 6. The molecule has 1 heterocycles. The number of methoxy groups -OCH3 is 1. The molecule has 1 unspecified atom stereocenters. The Hall–Kier alpha value is -1.77. The summed E-state index contributed by atoms with van der Waals surface area (Å²) in [5.41, 5.74) is -0.597. The van der Waals surface area contributed by atoms with E-state index in [4.69, 9.17) is 16.3 Å². The second-order valence-electron chi connectivity index (χ2n) is 3.94. The van der Waals surface area contributed by atoms with Gasteiger partial charge in [0.1, 0.15) is 16.9 Å². The maximum Gasteiger partial charge on any atom is 0.300 e. The molecular formula is C11H14ClN3O5. The molecule has 0 fully saturated rings. The van der Waals surface area contributed by atoms with Gasteiger partial charge in [0.2, 0.25) is 0 Å². The Kier molecular flexibility index (Phi) is 6.29. The van der Waals surface area contributed by atoms with Gasteiger partial charge >= 0.3 is 0 Å². The normalized spacial score (nSPS) is 11.9. The number of nitrogens with zero attached hydrogens (tertiary/aromatic N) is 2. The number of amides is 1. The van der Waals surface area contributed by atoms with E-state index in [1.54, 1.807) is 0 Å². The molecule has 8 nitrogen and oxygen atoms in total. The highest BCUT2D eigenvalue weighted by Crippen LogP contribution is 2.20. The molecule has 1 aromatic heterocycles. The van der Waals surface area contributed by atoms with Crippen LogP contribution in [0.3, 0.4) is 0 Å². The van der Waals surface area contributed by atoms with Crippen molar-refractivity contribution in [2.75, 3.05) is 20.3 Å². The van der Waals surface area contributed by atoms with Crippen LogP contribution in [0.2, 0.25) is 5.15 Å². The predicted octanol–water partition coefficient (Wildman–Crippen LogP) is 0.770. The third-order valence-electron chi connectivity index (χ3n) is 2.41. The lowest BCUT2D eigenvalue weighted by Crippen LogP contribution is -2.29. The van der Waals surface area contributed by atoms with Crippen LogP contribution in [0.4, 0.5) is 5.69 Å². The molecule has 1 rings (SSSR count). The molecule has 0 saturated carbocycles. The minimum Gasteiger partial charge on any atom is -0.391 e. The van der Waals surface area contributed by atoms with Gasteiger partial charge < -0.3 is 15.2 Å². The monoisotopic (exact) mass is 303 g/mol. The largest absolute Gasteiger partial charge is 0.391 e. The summed E-state index contributed by atoms with van der Waals surface area (Å²) in [5.74, 6) is -0.648. The Morgan fingerprint density at radius 2 is 2.40 bits per heavy atom. The molecule has 0 spiro atoms. The first kappa shape index (κ1) is 16.3. The van der Waals surface area contributed by atoms with Gasteiger partial charge in [0, 0.05) is 13.7 Å². The highest BCUT2D eigenvalue weighted by Gasteiger charge is 2.21. The fourth-order valence-corrected chi connectivity index (χ4v) is 1.63. The molecule has 9 heteroatoms. The molecule has 1 amide bonds. The third-order valence-corrected chi connectivity index (χ3v) is 2.62. The van der Waals surface area contributed by atoms with Crippen molar-refractivity contribution in [3.8, 4) is 0 Å². The molecule has 110 valence electrons. The summed E-state index contributed by atoms with van der Waals surface area (Å²) in [6, 6.07) is 1.13. The first-order chi connectivity index (χ1) is 9.45. The van der Waals surface area contributed by atoms with Crippen molar-refractivity contribution in [3.05, 3.63) is 33.1 Å². The zero-order chi connectivity index (χ0) is 15.1. The minimum atomic E-state index is -0.712. The lowest BCUT2D eigenvalue weighted by atomic mass is 10.2. The number of aliphatic hydroxyl groups excluding tert-OH is 1. The third kappa shape index (κ3) is 4.72. The topological polar surface area (TPSA) is 115 Å². The van der Waals surface area contributed by atoms with Gasteiger partial charge in [0.15, 0.2) is 0 Å². The van der Waals surface area contributed by atoms with Crippen LogP contribution in [0, 0.1) is 10.1 Å². The van der Waals surface area contributed by atoms with Crippen LogP contribution >= 0.6 is 11.6 Å². The number of halogens is 1. The van der Waals surface area contributed by atoms with E-state index in [0.29, 0.717) is 0 Å². The zero-order valence-corrected chi connectivity index (χ0v) is 11.5. The number of rotatable bonds is 7. The number of ether oxygens (including phenoxy) is 1. The van der Waals surface area contributed by atoms with E-state index in [1.807, 2.05) is 0 Å². The molecule has 0 saturated heterocycles. The summed E-state index contributed by atoms with van der Waals surface area (Å²) in [4.78, 5) is 25.5. The number of pyridine rings is 1. The summed E-state index contributed by atoms with van der Waals surface area (Å²) in [7, 11) is 1.45. The number of nitrogens with one attached hydrogen (secondary N) is 1. The SMILES string of the molecule is COCC(O)CCNC(=O)c1cc(Cl)ncc1[N+](=O)[O-]. The quantitative estimate of drug-likeness (QED) is 0.437. The predicted molar refractivity (Wildman–Crippen MR) is 70.7 cm³/mol. The van der Waals surface area contributed by atoms with Crippen molar-refractivity contribution in [1.82, 2.24) is 10.3 Å². The van der Waals surface area contributed by atoms with E-state index in [9.17, 15) is 20.0 Å². The minimum absolute atomic E-state index is 0.0137. The second-order valence-corrected chi connectivity index (χ2v) is 4.32. The van der Waals surface area contributed by atoms with Crippen molar-refractivity contribution in [1.29, 1.82) is 0 Å². The maximum atomic E-state index is 11.8. The van der Waals surface area contributed by atoms with Crippen LogP contribution < -0.4 is 5.32 Å². The van der Waals surface area contributed by atoms with Gasteiger partial charge in [-0.1, -0.05) is 11.6 Å². The average Bonchev–Trinajstić information content (AvgIpc) is 2.38. The van der Waals surface area contributed by atoms with Crippen LogP contribution in [-0.2, 0) is 4.74 Å². The van der Waals surface area contributed by atoms with Gasteiger partial charge in [-0.2, -0.15) is 0 Å². The van der Waals surface area contributed by atoms with E-state index >= 15 is 0 Å². The molecular weight excluding hydrogens is 290 g/mol. The highest BCUT2D eigenvalue weighted by atomic mass is 35.5. The van der Waals surface area contributed by atoms with Crippen LogP contribution in [0.25, 0.3) is 0 Å². The number of hydrogen-bond donors (Lipinski definition) is 2. The Labute approximate surface area is 119 Å². The number of carbonyl (C=O) groups is 1. The number of carbonyl (C=O) groups excluding carboxylic acids is 1. The first-order valence-corrected chi connectivity index (χ1v) is 6.08. The fourth-order valence-electron chi connectivity index (χ4n) is 1.47. The highest BCUT2D eigenvalue weighted by molar-refractivity contribution is 6.29. The van der Waals surface area contributed by atoms with E-state index in [1.165, 1.54) is 7.11 Å². The van der Waals surface area contributed by atoms with E-state index in [0.717, 1.165) is 12.3 Å². The molecule has 20 heavy (non-hydrogen) atoms. The summed E-state index contributed by atoms with van der Waals surface area (Å²) in [5, 5.41) is 22.6. The van der Waals surface area contributed by atoms with Crippen LogP contribution in [0.1, 0.15) is 16.8 Å². The molecule has 0 radical (unpaired) electrons. The number of nitro groups is 1. The average molecular weight is 304 g/mol. The Morgan fingerprint density at radius 1 is 1.70 bits per heavy atom. The van der Waals surface area contributed by atoms with Crippen molar-refractivity contribution < 1.29 is 19.6 Å². The van der Waals surface area contributed by atoms with Crippen molar-refractivity contribution in [2.45, 2.75) is 12.5 Å². The zero-order valence-electron chi connectivity index (χ0n) is 10.7. The molecule has 0 aromatic carbocycles. The van der Waals surface area contributed by atoms with Crippen LogP contribution in [0.5, 0.6) is 0 Å². The van der Waals surface area contributed by atoms with Crippen LogP contribution in [0.15, 0.2) is 12.3 Å². The number of aromatic nitrogens is 1. The van der Waals surface area contributed by atoms with Gasteiger partial charge in [0.25, 0.3) is 11.6 Å². The smallest absolute Gasteiger partial charge is 0.300 e. The maximum absolute atomic E-state index is 11.8. The van der Waals surface area contributed by atoms with Gasteiger partial charge in [-0.3, -0.25) is 14.9 Å². The van der Waals surface area contributed by atoms with E-state index < -0.39 is 22.6 Å². The molecule has 0 aliphatic carbocycles. The fraction of sp³-hybridized carbons (Fsp3) is 0.455. The summed E-state index contributed by atoms with van der Waals surface area (Å²) >= 11 is 5.62. The summed E-state index contributed by atoms with van der Waals surface area (Å²) < 4.78 is 4.73. The van der Waals surface area contributed by atoms with Crippen molar-refractivity contribution in [3.63, 3.8) is 0 Å². The molecule has 2 N–H and O–H groups in total.